The molecular formula is C63H109N9O14S3. The summed E-state index contributed by atoms with van der Waals surface area (Å²) in [5.41, 5.74) is 1.08. The highest BCUT2D eigenvalue weighted by Crippen LogP contribution is 2.38. The summed E-state index contributed by atoms with van der Waals surface area (Å²) in [5.74, 6) is 3.65. The predicted octanol–water partition coefficient (Wildman–Crippen LogP) is 5.71. The molecule has 6 N–H and O–H groups in total. The van der Waals surface area contributed by atoms with Crippen molar-refractivity contribution in [3.8, 4) is 0 Å². The number of hydrogen-bond donors (Lipinski definition) is 5. The van der Waals surface area contributed by atoms with Gasteiger partial charge in [-0.2, -0.15) is 0 Å². The Morgan fingerprint density at radius 2 is 1.42 bits per heavy atom. The van der Waals surface area contributed by atoms with Gasteiger partial charge >= 0.3 is 0 Å². The van der Waals surface area contributed by atoms with E-state index in [0.29, 0.717) is 124 Å². The molecule has 89 heavy (non-hydrogen) atoms. The van der Waals surface area contributed by atoms with Crippen LogP contribution in [0.2, 0.25) is 0 Å². The van der Waals surface area contributed by atoms with Gasteiger partial charge < -0.3 is 69.1 Å². The molecular weight excluding hydrogens is 1200 g/mol. The Morgan fingerprint density at radius 3 is 2.01 bits per heavy atom. The number of likely N-dealkylation sites (tertiary alicyclic amines) is 1. The average Bonchev–Trinajstić information content (AvgIpc) is 3.29. The number of ether oxygens (including phenoxy) is 7. The van der Waals surface area contributed by atoms with Crippen molar-refractivity contribution in [1.82, 2.24) is 41.0 Å². The summed E-state index contributed by atoms with van der Waals surface area (Å²) in [6.07, 6.45) is 3.79. The predicted molar refractivity (Wildman–Crippen MR) is 351 cm³/mol. The average molecular weight is 1310 g/mol. The Labute approximate surface area is 542 Å². The summed E-state index contributed by atoms with van der Waals surface area (Å²) in [4.78, 5) is 96.6. The molecule has 1 aromatic carbocycles. The third kappa shape index (κ3) is 29.6. The van der Waals surface area contributed by atoms with Crippen molar-refractivity contribution in [3.63, 3.8) is 0 Å². The van der Waals surface area contributed by atoms with Crippen LogP contribution in [0.15, 0.2) is 41.9 Å². The van der Waals surface area contributed by atoms with Crippen molar-refractivity contribution in [1.29, 1.82) is 0 Å². The molecule has 0 bridgehead atoms. The molecule has 26 heteroatoms. The lowest BCUT2D eigenvalue weighted by Crippen LogP contribution is -2.60. The van der Waals surface area contributed by atoms with Crippen molar-refractivity contribution < 1.29 is 66.8 Å². The Morgan fingerprint density at radius 1 is 0.787 bits per heavy atom. The van der Waals surface area contributed by atoms with E-state index in [1.165, 1.54) is 11.3 Å². The van der Waals surface area contributed by atoms with Crippen LogP contribution in [0.25, 0.3) is 0 Å². The molecule has 9 atom stereocenters. The number of hydrogen-bond acceptors (Lipinski definition) is 20. The number of carbonyl (C=O) groups is 6. The number of rotatable bonds is 49. The van der Waals surface area contributed by atoms with E-state index in [9.17, 15) is 28.8 Å². The lowest BCUT2D eigenvalue weighted by Gasteiger charge is -2.41. The fourth-order valence-electron chi connectivity index (χ4n) is 10.8. The molecule has 3 rings (SSSR count). The molecule has 0 saturated carbocycles. The van der Waals surface area contributed by atoms with E-state index in [-0.39, 0.29) is 89.5 Å². The second-order valence-corrected chi connectivity index (χ2v) is 27.9. The minimum absolute atomic E-state index is 0.00366. The summed E-state index contributed by atoms with van der Waals surface area (Å²) >= 11 is 1.49. The Hall–Kier alpha value is -4.03. The zero-order valence-corrected chi connectivity index (χ0v) is 57.9. The van der Waals surface area contributed by atoms with Crippen molar-refractivity contribution in [2.45, 2.75) is 154 Å². The van der Waals surface area contributed by atoms with Crippen LogP contribution in [-0.2, 0) is 73.2 Å². The number of nitrogens with two attached hydrogens (primary N) is 1. The smallest absolute Gasteiger partial charge is 0.245 e. The van der Waals surface area contributed by atoms with Gasteiger partial charge in [0.05, 0.1) is 121 Å². The number of thiazole rings is 1. The van der Waals surface area contributed by atoms with Crippen LogP contribution in [0, 0.1) is 23.7 Å². The van der Waals surface area contributed by atoms with Gasteiger partial charge in [0.15, 0.2) is 0 Å². The molecule has 2 aromatic rings. The summed E-state index contributed by atoms with van der Waals surface area (Å²) in [5, 5.41) is 14.8. The number of carbonyl (C=O) groups excluding carboxylic acids is 6. The quantitative estimate of drug-likeness (QED) is 0.0302. The SMILES string of the molecule is CC[C@H](C)[C@@H]([C@@H](CC(=O)N1CCC[C@H]1[C@H](OC)[C@@H](C)C(=O)N[C@@H](Cc1ccccc1)c1nccs1)OC)N(C)C(=O)[C@@H](NC(=O)[C@H](C(C)C)N(C)CCOCCOCCOCCOCCC(=O)NCCSSC(C)(C)CC(=O)NCCOCCON)C(C)C. The number of aromatic nitrogens is 1. The summed E-state index contributed by atoms with van der Waals surface area (Å²) < 4.78 is 40.0. The molecule has 1 aliphatic rings. The molecule has 0 unspecified atom stereocenters. The summed E-state index contributed by atoms with van der Waals surface area (Å²) in [7, 11) is 9.99. The van der Waals surface area contributed by atoms with Gasteiger partial charge in [0.25, 0.3) is 0 Å². The van der Waals surface area contributed by atoms with Gasteiger partial charge in [0.1, 0.15) is 11.0 Å². The summed E-state index contributed by atoms with van der Waals surface area (Å²) in [6, 6.07) is 7.38. The minimum atomic E-state index is -0.854. The van der Waals surface area contributed by atoms with Crippen LogP contribution in [0.3, 0.4) is 0 Å². The first-order chi connectivity index (χ1) is 42.6. The molecule has 0 aliphatic carbocycles. The van der Waals surface area contributed by atoms with E-state index in [0.717, 1.165) is 17.0 Å². The van der Waals surface area contributed by atoms with E-state index in [1.54, 1.807) is 54.0 Å². The van der Waals surface area contributed by atoms with Crippen LogP contribution in [-0.4, -0.2) is 229 Å². The van der Waals surface area contributed by atoms with E-state index in [1.807, 2.05) is 115 Å². The fraction of sp³-hybridized carbons (Fsp3) is 0.762. The van der Waals surface area contributed by atoms with E-state index in [4.69, 9.17) is 39.1 Å². The van der Waals surface area contributed by atoms with Crippen LogP contribution in [0.5, 0.6) is 0 Å². The Bertz CT molecular complexity index is 2300. The molecule has 0 radical (unpaired) electrons. The third-order valence-corrected chi connectivity index (χ3v) is 19.9. The maximum atomic E-state index is 14.7. The van der Waals surface area contributed by atoms with E-state index >= 15 is 0 Å². The molecule has 1 aromatic heterocycles. The molecule has 1 saturated heterocycles. The topological polar surface area (TPSA) is 273 Å². The highest BCUT2D eigenvalue weighted by atomic mass is 33.1. The van der Waals surface area contributed by atoms with Gasteiger partial charge in [-0.05, 0) is 63.5 Å². The number of amides is 6. The molecule has 508 valence electrons. The first kappa shape index (κ1) is 79.2. The number of nitrogens with one attached hydrogen (secondary N) is 4. The lowest BCUT2D eigenvalue weighted by atomic mass is 9.89. The van der Waals surface area contributed by atoms with Gasteiger partial charge in [-0.3, -0.25) is 33.7 Å². The lowest BCUT2D eigenvalue weighted by molar-refractivity contribution is -0.148. The number of likely N-dealkylation sites (N-methyl/N-ethyl adjacent to an activating group) is 2. The van der Waals surface area contributed by atoms with Gasteiger partial charge in [-0.1, -0.05) is 107 Å². The van der Waals surface area contributed by atoms with Gasteiger partial charge in [0.2, 0.25) is 35.4 Å². The fourth-order valence-corrected chi connectivity index (χ4v) is 13.9. The zero-order chi connectivity index (χ0) is 65.7. The highest BCUT2D eigenvalue weighted by molar-refractivity contribution is 8.77. The minimum Gasteiger partial charge on any atom is -0.379 e. The summed E-state index contributed by atoms with van der Waals surface area (Å²) in [6.45, 7) is 23.5. The highest BCUT2D eigenvalue weighted by Gasteiger charge is 2.44. The zero-order valence-electron chi connectivity index (χ0n) is 55.5. The molecule has 23 nitrogen and oxygen atoms in total. The first-order valence-electron chi connectivity index (χ1n) is 31.5. The van der Waals surface area contributed by atoms with E-state index < -0.39 is 36.3 Å². The second-order valence-electron chi connectivity index (χ2n) is 23.8. The van der Waals surface area contributed by atoms with Crippen LogP contribution < -0.4 is 27.2 Å². The standard InChI is InChI=1S/C63H109N9O14S3/c1-14-46(6)57(51(79-12)42-54(75)72-26-18-21-50(72)58(80-13)47(7)59(76)68-49(61-67-24-39-87-61)41-48-19-16-15-17-20-48)71(11)62(78)55(44(2)3)69-60(77)56(45(4)5)70(10)27-30-83-32-34-85-36-35-84-33-31-81-28-22-52(73)66-25-40-88-89-63(8,9)43-53(74)65-23-29-82-37-38-86-64/h15-17,19-20,24,39,44-47,49-51,55-58H,14,18,21-23,25-38,40-43,64H2,1-13H3,(H,65,74)(H,66,73)(H,68,76)(H,69,77)/t46-,47+,49-,50-,51+,55-,56-,57-,58+/m0/s1. The van der Waals surface area contributed by atoms with E-state index in [2.05, 4.69) is 31.1 Å². The van der Waals surface area contributed by atoms with Gasteiger partial charge in [-0.25, -0.2) is 10.9 Å². The van der Waals surface area contributed by atoms with Crippen LogP contribution in [0.4, 0.5) is 0 Å². The Kier molecular flexibility index (Phi) is 39.6. The molecule has 6 amide bonds. The molecule has 1 fully saturated rings. The van der Waals surface area contributed by atoms with Crippen molar-refractivity contribution in [2.24, 2.45) is 29.6 Å². The second kappa shape index (κ2) is 44.5. The number of methoxy groups -OCH3 is 2. The van der Waals surface area contributed by atoms with Gasteiger partial charge in [-0.15, -0.1) is 11.3 Å². The van der Waals surface area contributed by atoms with Crippen molar-refractivity contribution in [2.75, 3.05) is 133 Å². The van der Waals surface area contributed by atoms with Crippen LogP contribution >= 0.6 is 32.9 Å². The third-order valence-electron chi connectivity index (χ3n) is 15.7. The van der Waals surface area contributed by atoms with Crippen molar-refractivity contribution in [3.05, 3.63) is 52.5 Å². The van der Waals surface area contributed by atoms with Gasteiger partial charge in [0, 0.05) is 82.4 Å². The van der Waals surface area contributed by atoms with Crippen molar-refractivity contribution >= 4 is 68.4 Å². The molecule has 1 aliphatic heterocycles. The molecule has 0 spiro atoms. The van der Waals surface area contributed by atoms with Crippen LogP contribution in [0.1, 0.15) is 117 Å². The maximum Gasteiger partial charge on any atom is 0.245 e. The monoisotopic (exact) mass is 1310 g/mol. The number of benzene rings is 1. The maximum absolute atomic E-state index is 14.7. The first-order valence-corrected chi connectivity index (χ1v) is 34.7. The Balaban J connectivity index is 1.39. The normalized spacial score (nSPS) is 16.4. The molecule has 2 heterocycles. The largest absolute Gasteiger partial charge is 0.379 e. The number of nitrogens with zero attached hydrogens (tertiary/aromatic N) is 4.